The minimum absolute atomic E-state index is 0.0264. The Bertz CT molecular complexity index is 1340. The number of rotatable bonds is 5. The smallest absolute Gasteiger partial charge is 0.246 e. The summed E-state index contributed by atoms with van der Waals surface area (Å²) in [6, 6.07) is 15.8. The summed E-state index contributed by atoms with van der Waals surface area (Å²) in [7, 11) is 0. The minimum Gasteiger partial charge on any atom is -0.342 e. The molecule has 1 fully saturated rings. The lowest BCUT2D eigenvalue weighted by atomic mass is 9.97. The van der Waals surface area contributed by atoms with Crippen molar-refractivity contribution < 1.29 is 4.79 Å². The van der Waals surface area contributed by atoms with Crippen molar-refractivity contribution in [3.05, 3.63) is 88.0 Å². The third-order valence-corrected chi connectivity index (χ3v) is 7.00. The Hall–Kier alpha value is -3.38. The number of amides is 1. The molecule has 0 spiro atoms. The number of piperidine rings is 1. The first-order valence-corrected chi connectivity index (χ1v) is 12.1. The third kappa shape index (κ3) is 4.50. The number of nitrogens with zero attached hydrogens (tertiary/aromatic N) is 4. The molecule has 0 saturated carbocycles. The lowest BCUT2D eigenvalue weighted by Gasteiger charge is -2.31. The lowest BCUT2D eigenvalue weighted by Crippen LogP contribution is -2.38. The number of nitrogens with one attached hydrogen (secondary N) is 1. The number of fused-ring (bicyclic) bond motifs is 1. The molecule has 6 nitrogen and oxygen atoms in total. The molecule has 1 amide bonds. The van der Waals surface area contributed by atoms with Gasteiger partial charge in [0.05, 0.1) is 23.3 Å². The number of hydrogen-bond donors (Lipinski definition) is 1. The van der Waals surface area contributed by atoms with Gasteiger partial charge in [-0.05, 0) is 56.5 Å². The zero-order valence-electron chi connectivity index (χ0n) is 19.5. The number of H-pyrrole nitrogens is 1. The van der Waals surface area contributed by atoms with Gasteiger partial charge in [-0.15, -0.1) is 0 Å². The van der Waals surface area contributed by atoms with Gasteiger partial charge in [-0.1, -0.05) is 41.9 Å². The highest BCUT2D eigenvalue weighted by Gasteiger charge is 2.26. The van der Waals surface area contributed by atoms with Crippen molar-refractivity contribution in [1.82, 2.24) is 24.6 Å². The van der Waals surface area contributed by atoms with E-state index in [2.05, 4.69) is 10.1 Å². The van der Waals surface area contributed by atoms with Crippen LogP contribution in [0.3, 0.4) is 0 Å². The fourth-order valence-electron chi connectivity index (χ4n) is 4.72. The van der Waals surface area contributed by atoms with Crippen LogP contribution in [0.4, 0.5) is 0 Å². The van der Waals surface area contributed by atoms with E-state index in [-0.39, 0.29) is 11.8 Å². The summed E-state index contributed by atoms with van der Waals surface area (Å²) in [6.45, 7) is 6.04. The van der Waals surface area contributed by atoms with Gasteiger partial charge >= 0.3 is 0 Å². The number of para-hydroxylation sites is 2. The molecule has 1 aliphatic rings. The molecule has 1 unspecified atom stereocenters. The van der Waals surface area contributed by atoms with Gasteiger partial charge in [0, 0.05) is 41.4 Å². The normalized spacial score (nSPS) is 16.6. The van der Waals surface area contributed by atoms with Gasteiger partial charge in [0.2, 0.25) is 5.91 Å². The number of benzene rings is 2. The van der Waals surface area contributed by atoms with E-state index in [9.17, 15) is 4.79 Å². The van der Waals surface area contributed by atoms with E-state index in [1.54, 1.807) is 6.08 Å². The molecule has 1 aliphatic heterocycles. The zero-order chi connectivity index (χ0) is 23.7. The molecule has 3 heterocycles. The summed E-state index contributed by atoms with van der Waals surface area (Å²) in [5, 5.41) is 5.41. The maximum Gasteiger partial charge on any atom is 0.246 e. The Morgan fingerprint density at radius 2 is 1.97 bits per heavy atom. The summed E-state index contributed by atoms with van der Waals surface area (Å²) in [5.74, 6) is 1.22. The van der Waals surface area contributed by atoms with Crippen LogP contribution in [0.2, 0.25) is 5.02 Å². The SMILES string of the molecule is Cc1nn(Cc2ccccc2Cl)c(C)c1/C=C/C(=O)N1CCCC(c2nc3ccccc3[nH]2)C1. The van der Waals surface area contributed by atoms with Crippen molar-refractivity contribution in [2.24, 2.45) is 0 Å². The van der Waals surface area contributed by atoms with Gasteiger partial charge in [0.25, 0.3) is 0 Å². The maximum absolute atomic E-state index is 13.0. The first kappa shape index (κ1) is 22.4. The van der Waals surface area contributed by atoms with Crippen LogP contribution < -0.4 is 0 Å². The van der Waals surface area contributed by atoms with Gasteiger partial charge in [0.15, 0.2) is 0 Å². The summed E-state index contributed by atoms with van der Waals surface area (Å²) >= 11 is 6.33. The number of halogens is 1. The predicted octanol–water partition coefficient (Wildman–Crippen LogP) is 5.50. The number of aromatic nitrogens is 4. The van der Waals surface area contributed by atoms with Crippen molar-refractivity contribution in [1.29, 1.82) is 0 Å². The summed E-state index contributed by atoms with van der Waals surface area (Å²) < 4.78 is 1.94. The van der Waals surface area contributed by atoms with Crippen LogP contribution in [0.25, 0.3) is 17.1 Å². The van der Waals surface area contributed by atoms with Gasteiger partial charge in [-0.2, -0.15) is 5.10 Å². The first-order valence-electron chi connectivity index (χ1n) is 11.7. The van der Waals surface area contributed by atoms with Crippen LogP contribution in [0.5, 0.6) is 0 Å². The number of aromatic amines is 1. The number of aryl methyl sites for hydroxylation is 1. The lowest BCUT2D eigenvalue weighted by molar-refractivity contribution is -0.127. The molecule has 1 saturated heterocycles. The van der Waals surface area contributed by atoms with E-state index < -0.39 is 0 Å². The minimum atomic E-state index is 0.0264. The second kappa shape index (κ2) is 9.47. The van der Waals surface area contributed by atoms with Gasteiger partial charge in [0.1, 0.15) is 5.82 Å². The number of hydrogen-bond acceptors (Lipinski definition) is 3. The number of carbonyl (C=O) groups is 1. The molecule has 34 heavy (non-hydrogen) atoms. The molecule has 174 valence electrons. The van der Waals surface area contributed by atoms with E-state index in [0.29, 0.717) is 13.1 Å². The number of carbonyl (C=O) groups excluding carboxylic acids is 1. The van der Waals surface area contributed by atoms with Crippen LogP contribution in [-0.4, -0.2) is 43.6 Å². The molecule has 0 bridgehead atoms. The molecular weight excluding hydrogens is 446 g/mol. The monoisotopic (exact) mass is 473 g/mol. The Morgan fingerprint density at radius 3 is 2.79 bits per heavy atom. The fraction of sp³-hybridized carbons (Fsp3) is 0.296. The van der Waals surface area contributed by atoms with Crippen LogP contribution in [0.15, 0.2) is 54.6 Å². The quantitative estimate of drug-likeness (QED) is 0.389. The molecule has 1 N–H and O–H groups in total. The van der Waals surface area contributed by atoms with Crippen LogP contribution >= 0.6 is 11.6 Å². The average Bonchev–Trinajstić information content (AvgIpc) is 3.40. The second-order valence-corrected chi connectivity index (χ2v) is 9.34. The Balaban J connectivity index is 1.29. The largest absolute Gasteiger partial charge is 0.342 e. The molecule has 5 rings (SSSR count). The van der Waals surface area contributed by atoms with Crippen molar-refractivity contribution in [3.63, 3.8) is 0 Å². The van der Waals surface area contributed by atoms with E-state index in [1.807, 2.05) is 78.0 Å². The predicted molar refractivity (Wildman–Crippen MR) is 136 cm³/mol. The first-order chi connectivity index (χ1) is 16.5. The van der Waals surface area contributed by atoms with E-state index in [4.69, 9.17) is 16.6 Å². The van der Waals surface area contributed by atoms with Gasteiger partial charge < -0.3 is 9.88 Å². The number of likely N-dealkylation sites (tertiary alicyclic amines) is 1. The Kier molecular flexibility index (Phi) is 6.24. The average molecular weight is 474 g/mol. The number of imidazole rings is 1. The third-order valence-electron chi connectivity index (χ3n) is 6.64. The van der Waals surface area contributed by atoms with Crippen molar-refractivity contribution in [3.8, 4) is 0 Å². The van der Waals surface area contributed by atoms with E-state index in [1.165, 1.54) is 0 Å². The van der Waals surface area contributed by atoms with Crippen LogP contribution in [0, 0.1) is 13.8 Å². The molecule has 7 heteroatoms. The summed E-state index contributed by atoms with van der Waals surface area (Å²) in [6.07, 6.45) is 5.57. The fourth-order valence-corrected chi connectivity index (χ4v) is 4.92. The van der Waals surface area contributed by atoms with Crippen molar-refractivity contribution in [2.45, 2.75) is 39.2 Å². The topological polar surface area (TPSA) is 66.8 Å². The second-order valence-electron chi connectivity index (χ2n) is 8.93. The Morgan fingerprint density at radius 1 is 1.18 bits per heavy atom. The molecular formula is C27H28ClN5O. The molecule has 0 radical (unpaired) electrons. The molecule has 2 aromatic heterocycles. The highest BCUT2D eigenvalue weighted by atomic mass is 35.5. The van der Waals surface area contributed by atoms with E-state index >= 15 is 0 Å². The summed E-state index contributed by atoms with van der Waals surface area (Å²) in [4.78, 5) is 23.2. The van der Waals surface area contributed by atoms with Crippen molar-refractivity contribution >= 4 is 34.6 Å². The van der Waals surface area contributed by atoms with Crippen molar-refractivity contribution in [2.75, 3.05) is 13.1 Å². The molecule has 4 aromatic rings. The molecule has 1 atom stereocenters. The van der Waals surface area contributed by atoms with Crippen LogP contribution in [-0.2, 0) is 11.3 Å². The van der Waals surface area contributed by atoms with Gasteiger partial charge in [-0.3, -0.25) is 9.48 Å². The molecule has 2 aromatic carbocycles. The maximum atomic E-state index is 13.0. The van der Waals surface area contributed by atoms with Crippen LogP contribution in [0.1, 0.15) is 47.1 Å². The highest BCUT2D eigenvalue weighted by molar-refractivity contribution is 6.31. The summed E-state index contributed by atoms with van der Waals surface area (Å²) in [5.41, 5.74) is 5.92. The Labute approximate surface area is 204 Å². The standard InChI is InChI=1S/C27H28ClN5O/c1-18-22(19(2)33(31-18)17-20-8-3-4-10-23(20)28)13-14-26(34)32-15-7-9-21(16-32)27-29-24-11-5-6-12-25(24)30-27/h3-6,8,10-14,21H,7,9,15-17H2,1-2H3,(H,29,30)/b14-13+. The van der Waals surface area contributed by atoms with Gasteiger partial charge in [-0.25, -0.2) is 4.98 Å². The highest BCUT2D eigenvalue weighted by Crippen LogP contribution is 2.27. The van der Waals surface area contributed by atoms with E-state index in [0.717, 1.165) is 63.8 Å². The molecule has 0 aliphatic carbocycles. The zero-order valence-corrected chi connectivity index (χ0v) is 20.2.